The lowest BCUT2D eigenvalue weighted by Crippen LogP contribution is -2.28. The fraction of sp³-hybridized carbons (Fsp3) is 1.00. The lowest BCUT2D eigenvalue weighted by molar-refractivity contribution is 0.00371. The summed E-state index contributed by atoms with van der Waals surface area (Å²) in [4.78, 5) is 0. The van der Waals surface area contributed by atoms with Crippen molar-refractivity contribution >= 4 is 0 Å². The molecule has 1 N–H and O–H groups in total. The van der Waals surface area contributed by atoms with Gasteiger partial charge in [-0.25, -0.2) is 8.78 Å². The van der Waals surface area contributed by atoms with Crippen LogP contribution < -0.4 is 5.32 Å². The summed E-state index contributed by atoms with van der Waals surface area (Å²) in [5.74, 6) is -1.03. The fourth-order valence-corrected chi connectivity index (χ4v) is 2.73. The molecule has 2 unspecified atom stereocenters. The average Bonchev–Trinajstić information content (AvgIpc) is 2.57. The van der Waals surface area contributed by atoms with Crippen LogP contribution in [0, 0.1) is 17.8 Å². The summed E-state index contributed by atoms with van der Waals surface area (Å²) in [6.07, 6.45) is 3.02. The molecule has 1 rings (SSSR count). The number of hydrogen-bond acceptors (Lipinski definition) is 1. The molecule has 102 valence electrons. The number of alkyl halides is 2. The normalized spacial score (nSPS) is 25.4. The smallest absolute Gasteiger partial charge is 0.248 e. The highest BCUT2D eigenvalue weighted by Crippen LogP contribution is 2.42. The second-order valence-electron chi connectivity index (χ2n) is 5.91. The van der Waals surface area contributed by atoms with Gasteiger partial charge in [0.1, 0.15) is 0 Å². The van der Waals surface area contributed by atoms with E-state index in [0.717, 1.165) is 25.9 Å². The Morgan fingerprint density at radius 3 is 2.53 bits per heavy atom. The summed E-state index contributed by atoms with van der Waals surface area (Å²) >= 11 is 0. The molecule has 0 saturated heterocycles. The van der Waals surface area contributed by atoms with Crippen molar-refractivity contribution in [2.24, 2.45) is 17.8 Å². The van der Waals surface area contributed by atoms with Gasteiger partial charge in [-0.05, 0) is 50.1 Å². The van der Waals surface area contributed by atoms with Gasteiger partial charge in [0.15, 0.2) is 0 Å². The Morgan fingerprint density at radius 1 is 1.35 bits per heavy atom. The zero-order chi connectivity index (χ0) is 12.9. The molecule has 0 amide bonds. The fourth-order valence-electron chi connectivity index (χ4n) is 2.73. The van der Waals surface area contributed by atoms with Crippen LogP contribution in [0.3, 0.4) is 0 Å². The summed E-state index contributed by atoms with van der Waals surface area (Å²) in [5, 5.41) is 3.42. The van der Waals surface area contributed by atoms with Gasteiger partial charge in [-0.3, -0.25) is 0 Å². The Hall–Kier alpha value is -0.180. The summed E-state index contributed by atoms with van der Waals surface area (Å²) in [6, 6.07) is 0. The van der Waals surface area contributed by atoms with Crippen molar-refractivity contribution in [3.05, 3.63) is 0 Å². The number of halogens is 2. The van der Waals surface area contributed by atoms with E-state index < -0.39 is 5.92 Å². The molecule has 1 aliphatic rings. The zero-order valence-corrected chi connectivity index (χ0v) is 11.4. The second-order valence-corrected chi connectivity index (χ2v) is 5.91. The maximum absolute atomic E-state index is 13.1. The van der Waals surface area contributed by atoms with Crippen molar-refractivity contribution in [1.82, 2.24) is 5.32 Å². The van der Waals surface area contributed by atoms with Crippen molar-refractivity contribution in [2.75, 3.05) is 13.1 Å². The van der Waals surface area contributed by atoms with Crippen LogP contribution in [0.2, 0.25) is 0 Å². The first-order valence-electron chi connectivity index (χ1n) is 7.03. The molecule has 0 heterocycles. The molecule has 1 fully saturated rings. The van der Waals surface area contributed by atoms with Crippen molar-refractivity contribution in [2.45, 2.75) is 58.8 Å². The molecule has 0 aromatic heterocycles. The maximum atomic E-state index is 13.1. The third-order valence-corrected chi connectivity index (χ3v) is 3.92. The van der Waals surface area contributed by atoms with Gasteiger partial charge in [0.25, 0.3) is 0 Å². The summed E-state index contributed by atoms with van der Waals surface area (Å²) in [6.45, 7) is 8.56. The molecule has 0 radical (unpaired) electrons. The number of nitrogens with one attached hydrogen (secondary N) is 1. The first kappa shape index (κ1) is 14.9. The molecule has 1 nitrogen and oxygen atoms in total. The van der Waals surface area contributed by atoms with Crippen LogP contribution in [0.15, 0.2) is 0 Å². The molecule has 2 atom stereocenters. The highest BCUT2D eigenvalue weighted by molar-refractivity contribution is 4.83. The van der Waals surface area contributed by atoms with Crippen molar-refractivity contribution in [3.8, 4) is 0 Å². The quantitative estimate of drug-likeness (QED) is 0.668. The van der Waals surface area contributed by atoms with Crippen LogP contribution in [-0.2, 0) is 0 Å². The molecule has 0 aliphatic heterocycles. The third-order valence-electron chi connectivity index (χ3n) is 3.92. The van der Waals surface area contributed by atoms with Gasteiger partial charge in [-0.2, -0.15) is 0 Å². The topological polar surface area (TPSA) is 12.0 Å². The van der Waals surface area contributed by atoms with Gasteiger partial charge in [0, 0.05) is 12.8 Å². The Bertz CT molecular complexity index is 216. The van der Waals surface area contributed by atoms with Crippen molar-refractivity contribution < 1.29 is 8.78 Å². The monoisotopic (exact) mass is 247 g/mol. The van der Waals surface area contributed by atoms with Crippen LogP contribution in [-0.4, -0.2) is 19.0 Å². The zero-order valence-electron chi connectivity index (χ0n) is 11.4. The highest BCUT2D eigenvalue weighted by Gasteiger charge is 2.40. The van der Waals surface area contributed by atoms with Gasteiger partial charge >= 0.3 is 0 Å². The van der Waals surface area contributed by atoms with E-state index in [2.05, 4.69) is 26.1 Å². The van der Waals surface area contributed by atoms with Crippen molar-refractivity contribution in [3.63, 3.8) is 0 Å². The van der Waals surface area contributed by atoms with Crippen LogP contribution in [0.4, 0.5) is 8.78 Å². The van der Waals surface area contributed by atoms with Crippen LogP contribution in [0.5, 0.6) is 0 Å². The highest BCUT2D eigenvalue weighted by atomic mass is 19.3. The molecule has 17 heavy (non-hydrogen) atoms. The minimum atomic E-state index is -2.39. The van der Waals surface area contributed by atoms with Gasteiger partial charge in [0.05, 0.1) is 0 Å². The minimum absolute atomic E-state index is 0.102. The summed E-state index contributed by atoms with van der Waals surface area (Å²) in [5.41, 5.74) is 0. The van der Waals surface area contributed by atoms with Gasteiger partial charge < -0.3 is 5.32 Å². The molecule has 0 spiro atoms. The standard InChI is InChI=1S/C14H27F2N/c1-4-7-17-10-13(11(2)3)8-12-5-6-14(15,16)9-12/h11-13,17H,4-10H2,1-3H3. The van der Waals surface area contributed by atoms with Gasteiger partial charge in [0.2, 0.25) is 5.92 Å². The Kier molecular flexibility index (Phi) is 5.84. The molecule has 3 heteroatoms. The second kappa shape index (κ2) is 6.67. The van der Waals surface area contributed by atoms with Crippen LogP contribution in [0.1, 0.15) is 52.9 Å². The SMILES string of the molecule is CCCNCC(CC1CCC(F)(F)C1)C(C)C. The first-order chi connectivity index (χ1) is 7.94. The van der Waals surface area contributed by atoms with E-state index in [1.54, 1.807) is 0 Å². The molecule has 1 aliphatic carbocycles. The largest absolute Gasteiger partial charge is 0.316 e. The average molecular weight is 247 g/mol. The first-order valence-corrected chi connectivity index (χ1v) is 7.03. The van der Waals surface area contributed by atoms with E-state index in [9.17, 15) is 8.78 Å². The van der Waals surface area contributed by atoms with Crippen molar-refractivity contribution in [1.29, 1.82) is 0 Å². The van der Waals surface area contributed by atoms with E-state index in [4.69, 9.17) is 0 Å². The molecule has 0 bridgehead atoms. The molecular weight excluding hydrogens is 220 g/mol. The summed E-state index contributed by atoms with van der Waals surface area (Å²) in [7, 11) is 0. The van der Waals surface area contributed by atoms with E-state index in [-0.39, 0.29) is 18.8 Å². The lowest BCUT2D eigenvalue weighted by atomic mass is 9.85. The summed E-state index contributed by atoms with van der Waals surface area (Å²) < 4.78 is 26.3. The minimum Gasteiger partial charge on any atom is -0.316 e. The van der Waals surface area contributed by atoms with E-state index in [1.165, 1.54) is 0 Å². The predicted octanol–water partition coefficient (Wildman–Crippen LogP) is 4.08. The predicted molar refractivity (Wildman–Crippen MR) is 68.4 cm³/mol. The van der Waals surface area contributed by atoms with E-state index >= 15 is 0 Å². The van der Waals surface area contributed by atoms with E-state index in [1.807, 2.05) is 0 Å². The number of hydrogen-bond donors (Lipinski definition) is 1. The molecule has 0 aromatic rings. The van der Waals surface area contributed by atoms with Gasteiger partial charge in [-0.1, -0.05) is 20.8 Å². The molecular formula is C14H27F2N. The van der Waals surface area contributed by atoms with Crippen LogP contribution >= 0.6 is 0 Å². The number of rotatable bonds is 7. The third kappa shape index (κ3) is 5.33. The van der Waals surface area contributed by atoms with E-state index in [0.29, 0.717) is 18.3 Å². The molecule has 0 aromatic carbocycles. The maximum Gasteiger partial charge on any atom is 0.248 e. The van der Waals surface area contributed by atoms with Gasteiger partial charge in [-0.15, -0.1) is 0 Å². The molecule has 1 saturated carbocycles. The van der Waals surface area contributed by atoms with Crippen LogP contribution in [0.25, 0.3) is 0 Å². The Balaban J connectivity index is 2.34. The Morgan fingerprint density at radius 2 is 2.06 bits per heavy atom. The lowest BCUT2D eigenvalue weighted by Gasteiger charge is -2.24. The Labute approximate surface area is 104 Å².